The van der Waals surface area contributed by atoms with Crippen LogP contribution in [-0.4, -0.2) is 53.3 Å². The summed E-state index contributed by atoms with van der Waals surface area (Å²) in [6, 6.07) is 7.63. The van der Waals surface area contributed by atoms with Crippen molar-refractivity contribution < 1.29 is 28.7 Å². The number of imide groups is 1. The molecule has 0 saturated carbocycles. The van der Waals surface area contributed by atoms with Gasteiger partial charge in [-0.3, -0.25) is 24.6 Å². The summed E-state index contributed by atoms with van der Waals surface area (Å²) in [6.45, 7) is 0.761. The number of methoxy groups -OCH3 is 2. The van der Waals surface area contributed by atoms with E-state index in [1.54, 1.807) is 31.4 Å². The number of rotatable bonds is 9. The van der Waals surface area contributed by atoms with Gasteiger partial charge >= 0.3 is 0 Å². The molecule has 3 rings (SSSR count). The lowest BCUT2D eigenvalue weighted by molar-refractivity contribution is -0.385. The lowest BCUT2D eigenvalue weighted by Crippen LogP contribution is -2.29. The summed E-state index contributed by atoms with van der Waals surface area (Å²) in [5, 5.41) is 10.4. The molecule has 1 aromatic heterocycles. The van der Waals surface area contributed by atoms with Crippen LogP contribution < -0.4 is 9.47 Å². The topological polar surface area (TPSA) is 121 Å². The summed E-state index contributed by atoms with van der Waals surface area (Å²) < 4.78 is 15.9. The van der Waals surface area contributed by atoms with E-state index in [9.17, 15) is 19.7 Å². The van der Waals surface area contributed by atoms with E-state index in [1.165, 1.54) is 24.1 Å². The number of carbonyl (C=O) groups is 2. The van der Waals surface area contributed by atoms with Crippen molar-refractivity contribution in [1.29, 1.82) is 0 Å². The van der Waals surface area contributed by atoms with E-state index in [0.717, 1.165) is 18.0 Å². The van der Waals surface area contributed by atoms with Crippen LogP contribution in [0.3, 0.4) is 0 Å². The molecule has 10 nitrogen and oxygen atoms in total. The van der Waals surface area contributed by atoms with Gasteiger partial charge in [0.1, 0.15) is 6.20 Å². The van der Waals surface area contributed by atoms with E-state index < -0.39 is 4.92 Å². The Morgan fingerprint density at radius 1 is 1.19 bits per heavy atom. The molecule has 2 aromatic rings. The summed E-state index contributed by atoms with van der Waals surface area (Å²) in [7, 11) is 3.02. The molecule has 0 radical (unpaired) electrons. The minimum absolute atomic E-state index is 0.147. The Hall–Kier alpha value is -3.44. The molecule has 1 fully saturated rings. The molecular formula is C20H19N3O7S. The summed E-state index contributed by atoms with van der Waals surface area (Å²) in [5.74, 6) is 0.524. The van der Waals surface area contributed by atoms with Crippen molar-refractivity contribution in [2.75, 3.05) is 27.4 Å². The van der Waals surface area contributed by atoms with Crippen molar-refractivity contribution >= 4 is 34.7 Å². The average molecular weight is 445 g/mol. The monoisotopic (exact) mass is 445 g/mol. The van der Waals surface area contributed by atoms with Crippen LogP contribution in [0.4, 0.5) is 10.5 Å². The molecule has 2 heterocycles. The van der Waals surface area contributed by atoms with Crippen LogP contribution >= 0.6 is 11.8 Å². The second-order valence-corrected chi connectivity index (χ2v) is 7.30. The van der Waals surface area contributed by atoms with Gasteiger partial charge in [0.2, 0.25) is 5.88 Å². The van der Waals surface area contributed by atoms with Crippen LogP contribution in [-0.2, 0) is 9.53 Å². The van der Waals surface area contributed by atoms with Gasteiger partial charge in [0.05, 0.1) is 16.9 Å². The zero-order chi connectivity index (χ0) is 22.4. The summed E-state index contributed by atoms with van der Waals surface area (Å²) in [6.07, 6.45) is 3.27. The van der Waals surface area contributed by atoms with Crippen LogP contribution in [0.5, 0.6) is 17.4 Å². The Balaban J connectivity index is 1.76. The fraction of sp³-hybridized carbons (Fsp3) is 0.250. The third kappa shape index (κ3) is 5.38. The first kappa shape index (κ1) is 22.2. The second kappa shape index (κ2) is 10.0. The van der Waals surface area contributed by atoms with Gasteiger partial charge in [-0.25, -0.2) is 4.98 Å². The summed E-state index contributed by atoms with van der Waals surface area (Å²) >= 11 is 0.879. The zero-order valence-electron chi connectivity index (χ0n) is 16.8. The Bertz CT molecular complexity index is 1020. The molecule has 2 amide bonds. The molecule has 162 valence electrons. The van der Waals surface area contributed by atoms with Gasteiger partial charge in [-0.15, -0.1) is 0 Å². The summed E-state index contributed by atoms with van der Waals surface area (Å²) in [4.78, 5) is 40.2. The highest BCUT2D eigenvalue weighted by Crippen LogP contribution is 2.36. The van der Waals surface area contributed by atoms with Gasteiger partial charge < -0.3 is 14.2 Å². The molecule has 0 bridgehead atoms. The molecule has 1 aliphatic heterocycles. The van der Waals surface area contributed by atoms with Gasteiger partial charge in [-0.2, -0.15) is 0 Å². The summed E-state index contributed by atoms with van der Waals surface area (Å²) in [5.41, 5.74) is 0.495. The number of hydrogen-bond donors (Lipinski definition) is 0. The average Bonchev–Trinajstić information content (AvgIpc) is 3.02. The van der Waals surface area contributed by atoms with E-state index in [1.807, 2.05) is 0 Å². The lowest BCUT2D eigenvalue weighted by Gasteiger charge is -2.11. The van der Waals surface area contributed by atoms with E-state index in [-0.39, 0.29) is 22.7 Å². The lowest BCUT2D eigenvalue weighted by atomic mass is 10.2. The molecule has 0 unspecified atom stereocenters. The highest BCUT2D eigenvalue weighted by molar-refractivity contribution is 8.18. The van der Waals surface area contributed by atoms with Gasteiger partial charge in [0.15, 0.2) is 11.5 Å². The largest absolute Gasteiger partial charge is 0.493 e. The number of nitro groups is 1. The standard InChI is InChI=1S/C20H19N3O7S/c1-28-9-3-8-22-19(24)17(31-20(22)25)11-13-4-6-15(16(10-13)29-2)30-18-7-5-14(12-21-18)23(26)27/h4-7,10-12H,3,8-9H2,1-2H3/b17-11+. The third-order valence-electron chi connectivity index (χ3n) is 4.24. The number of aromatic nitrogens is 1. The number of amides is 2. The smallest absolute Gasteiger partial charge is 0.293 e. The molecule has 0 atom stereocenters. The number of pyridine rings is 1. The third-order valence-corrected chi connectivity index (χ3v) is 5.14. The molecule has 0 spiro atoms. The minimum Gasteiger partial charge on any atom is -0.493 e. The molecule has 0 aliphatic carbocycles. The number of nitrogens with zero attached hydrogens (tertiary/aromatic N) is 3. The zero-order valence-corrected chi connectivity index (χ0v) is 17.6. The van der Waals surface area contributed by atoms with Crippen LogP contribution in [0.2, 0.25) is 0 Å². The number of hydrogen-bond acceptors (Lipinski definition) is 9. The maximum Gasteiger partial charge on any atom is 0.293 e. The van der Waals surface area contributed by atoms with E-state index in [2.05, 4.69) is 4.98 Å². The predicted octanol–water partition coefficient (Wildman–Crippen LogP) is 3.86. The first-order chi connectivity index (χ1) is 14.9. The molecule has 1 saturated heterocycles. The van der Waals surface area contributed by atoms with Crippen molar-refractivity contribution in [3.05, 3.63) is 57.1 Å². The second-order valence-electron chi connectivity index (χ2n) is 6.30. The quantitative estimate of drug-likeness (QED) is 0.245. The maximum atomic E-state index is 12.5. The van der Waals surface area contributed by atoms with Crippen molar-refractivity contribution in [1.82, 2.24) is 9.88 Å². The fourth-order valence-electron chi connectivity index (χ4n) is 2.72. The first-order valence-corrected chi connectivity index (χ1v) is 9.95. The van der Waals surface area contributed by atoms with Gasteiger partial charge in [0, 0.05) is 32.4 Å². The van der Waals surface area contributed by atoms with Crippen LogP contribution in [0.1, 0.15) is 12.0 Å². The van der Waals surface area contributed by atoms with E-state index >= 15 is 0 Å². The van der Waals surface area contributed by atoms with Gasteiger partial charge in [-0.05, 0) is 42.0 Å². The number of benzene rings is 1. The number of ether oxygens (including phenoxy) is 3. The van der Waals surface area contributed by atoms with Crippen LogP contribution in [0, 0.1) is 10.1 Å². The molecule has 1 aliphatic rings. The number of carbonyl (C=O) groups excluding carboxylic acids is 2. The van der Waals surface area contributed by atoms with Crippen molar-refractivity contribution in [3.63, 3.8) is 0 Å². The van der Waals surface area contributed by atoms with Gasteiger partial charge in [0.25, 0.3) is 16.8 Å². The predicted molar refractivity (Wildman–Crippen MR) is 113 cm³/mol. The van der Waals surface area contributed by atoms with Gasteiger partial charge in [-0.1, -0.05) is 6.07 Å². The Labute approximate surface area is 181 Å². The van der Waals surface area contributed by atoms with Crippen molar-refractivity contribution in [2.24, 2.45) is 0 Å². The fourth-order valence-corrected chi connectivity index (χ4v) is 3.59. The van der Waals surface area contributed by atoms with E-state index in [0.29, 0.717) is 41.5 Å². The Morgan fingerprint density at radius 3 is 2.65 bits per heavy atom. The molecule has 0 N–H and O–H groups in total. The maximum absolute atomic E-state index is 12.5. The van der Waals surface area contributed by atoms with Crippen LogP contribution in [0.25, 0.3) is 6.08 Å². The molecule has 31 heavy (non-hydrogen) atoms. The number of thioether (sulfide) groups is 1. The van der Waals surface area contributed by atoms with E-state index in [4.69, 9.17) is 14.2 Å². The van der Waals surface area contributed by atoms with Crippen LogP contribution in [0.15, 0.2) is 41.4 Å². The normalized spacial score (nSPS) is 14.9. The highest BCUT2D eigenvalue weighted by atomic mass is 32.2. The Kier molecular flexibility index (Phi) is 7.21. The van der Waals surface area contributed by atoms with Crippen molar-refractivity contribution in [2.45, 2.75) is 6.42 Å². The molecule has 1 aromatic carbocycles. The molecule has 11 heteroatoms. The first-order valence-electron chi connectivity index (χ1n) is 9.13. The molecular weight excluding hydrogens is 426 g/mol. The SMILES string of the molecule is COCCCN1C(=O)S/C(=C/c2ccc(Oc3ccc([N+](=O)[O-])cn3)c(OC)c2)C1=O. The van der Waals surface area contributed by atoms with Crippen molar-refractivity contribution in [3.8, 4) is 17.4 Å². The Morgan fingerprint density at radius 2 is 2.00 bits per heavy atom. The minimum atomic E-state index is -0.550. The highest BCUT2D eigenvalue weighted by Gasteiger charge is 2.34.